The maximum absolute atomic E-state index is 8.67. The lowest BCUT2D eigenvalue weighted by atomic mass is 10.1. The predicted octanol–water partition coefficient (Wildman–Crippen LogP) is 1.17. The Labute approximate surface area is 94.1 Å². The molecule has 1 rings (SSSR count). The van der Waals surface area contributed by atoms with Crippen molar-refractivity contribution in [2.24, 2.45) is 0 Å². The molecule has 1 atom stereocenters. The highest BCUT2D eigenvalue weighted by Crippen LogP contribution is 2.10. The molecule has 0 saturated carbocycles. The van der Waals surface area contributed by atoms with Gasteiger partial charge in [-0.1, -0.05) is 12.8 Å². The van der Waals surface area contributed by atoms with Crippen molar-refractivity contribution in [3.05, 3.63) is 0 Å². The van der Waals surface area contributed by atoms with Crippen LogP contribution in [0.1, 0.15) is 32.6 Å². The van der Waals surface area contributed by atoms with Gasteiger partial charge in [-0.3, -0.25) is 4.90 Å². The first-order valence-corrected chi connectivity index (χ1v) is 6.27. The zero-order valence-electron chi connectivity index (χ0n) is 10.3. The van der Waals surface area contributed by atoms with Crippen LogP contribution in [0.5, 0.6) is 0 Å². The predicted molar refractivity (Wildman–Crippen MR) is 64.1 cm³/mol. The van der Waals surface area contributed by atoms with E-state index in [-0.39, 0.29) is 0 Å². The molecule has 1 heterocycles. The molecule has 0 radical (unpaired) electrons. The third kappa shape index (κ3) is 4.96. The van der Waals surface area contributed by atoms with Crippen molar-refractivity contribution in [3.63, 3.8) is 0 Å². The minimum atomic E-state index is 0.352. The molecule has 0 amide bonds. The average Bonchev–Trinajstić information content (AvgIpc) is 2.20. The van der Waals surface area contributed by atoms with Crippen molar-refractivity contribution in [2.45, 2.75) is 38.6 Å². The van der Waals surface area contributed by atoms with Crippen molar-refractivity contribution >= 4 is 0 Å². The fraction of sp³-hybridized carbons (Fsp3) is 1.00. The molecule has 1 N–H and O–H groups in total. The Balaban J connectivity index is 2.05. The summed E-state index contributed by atoms with van der Waals surface area (Å²) in [5.74, 6) is 0. The van der Waals surface area contributed by atoms with Crippen molar-refractivity contribution < 1.29 is 5.11 Å². The van der Waals surface area contributed by atoms with Crippen LogP contribution in [0.3, 0.4) is 0 Å². The lowest BCUT2D eigenvalue weighted by Gasteiger charge is -2.38. The standard InChI is InChI=1S/C12H26N2O/c1-12-11-13(2)8-9-14(12)7-5-3-4-6-10-15/h12,15H,3-11H2,1-2H3. The van der Waals surface area contributed by atoms with Gasteiger partial charge >= 0.3 is 0 Å². The molecule has 0 aromatic heterocycles. The van der Waals surface area contributed by atoms with Gasteiger partial charge in [0, 0.05) is 32.3 Å². The smallest absolute Gasteiger partial charge is 0.0431 e. The van der Waals surface area contributed by atoms with E-state index in [4.69, 9.17) is 5.11 Å². The highest BCUT2D eigenvalue weighted by molar-refractivity contribution is 4.76. The number of aliphatic hydroxyl groups is 1. The molecule has 1 aliphatic rings. The lowest BCUT2D eigenvalue weighted by Crippen LogP contribution is -2.50. The number of unbranched alkanes of at least 4 members (excludes halogenated alkanes) is 3. The lowest BCUT2D eigenvalue weighted by molar-refractivity contribution is 0.0982. The molecule has 3 heteroatoms. The Bertz CT molecular complexity index is 164. The summed E-state index contributed by atoms with van der Waals surface area (Å²) in [5.41, 5.74) is 0. The number of nitrogens with zero attached hydrogens (tertiary/aromatic N) is 2. The van der Waals surface area contributed by atoms with Crippen molar-refractivity contribution in [1.29, 1.82) is 0 Å². The third-order valence-corrected chi connectivity index (χ3v) is 3.32. The maximum atomic E-state index is 8.67. The molecule has 1 unspecified atom stereocenters. The normalized spacial score (nSPS) is 24.6. The zero-order valence-corrected chi connectivity index (χ0v) is 10.3. The molecule has 0 aromatic rings. The summed E-state index contributed by atoms with van der Waals surface area (Å²) in [5, 5.41) is 8.67. The van der Waals surface area contributed by atoms with Gasteiger partial charge in [0.2, 0.25) is 0 Å². The van der Waals surface area contributed by atoms with E-state index >= 15 is 0 Å². The SMILES string of the molecule is CC1CN(C)CCN1CCCCCCO. The highest BCUT2D eigenvalue weighted by atomic mass is 16.2. The van der Waals surface area contributed by atoms with E-state index in [1.165, 1.54) is 45.4 Å². The second-order valence-electron chi connectivity index (χ2n) is 4.79. The summed E-state index contributed by atoms with van der Waals surface area (Å²) >= 11 is 0. The van der Waals surface area contributed by atoms with Crippen molar-refractivity contribution in [2.75, 3.05) is 39.8 Å². The molecule has 0 bridgehead atoms. The molecule has 15 heavy (non-hydrogen) atoms. The summed E-state index contributed by atoms with van der Waals surface area (Å²) in [7, 11) is 2.20. The van der Waals surface area contributed by atoms with E-state index in [2.05, 4.69) is 23.8 Å². The zero-order chi connectivity index (χ0) is 11.1. The Morgan fingerprint density at radius 1 is 1.13 bits per heavy atom. The molecule has 1 aliphatic heterocycles. The van der Waals surface area contributed by atoms with Crippen LogP contribution < -0.4 is 0 Å². The second-order valence-corrected chi connectivity index (χ2v) is 4.79. The van der Waals surface area contributed by atoms with Gasteiger partial charge in [0.15, 0.2) is 0 Å². The van der Waals surface area contributed by atoms with Gasteiger partial charge in [-0.15, -0.1) is 0 Å². The van der Waals surface area contributed by atoms with Gasteiger partial charge in [-0.05, 0) is 33.4 Å². The van der Waals surface area contributed by atoms with Crippen LogP contribution in [0.25, 0.3) is 0 Å². The molecular formula is C12H26N2O. The van der Waals surface area contributed by atoms with Gasteiger partial charge in [0.05, 0.1) is 0 Å². The van der Waals surface area contributed by atoms with Crippen molar-refractivity contribution in [1.82, 2.24) is 9.80 Å². The van der Waals surface area contributed by atoms with Crippen molar-refractivity contribution in [3.8, 4) is 0 Å². The molecule has 0 spiro atoms. The number of hydrogen-bond donors (Lipinski definition) is 1. The van der Waals surface area contributed by atoms with E-state index < -0.39 is 0 Å². The van der Waals surface area contributed by atoms with Gasteiger partial charge in [0.25, 0.3) is 0 Å². The van der Waals surface area contributed by atoms with E-state index in [9.17, 15) is 0 Å². The fourth-order valence-electron chi connectivity index (χ4n) is 2.29. The highest BCUT2D eigenvalue weighted by Gasteiger charge is 2.20. The van der Waals surface area contributed by atoms with Gasteiger partial charge in [-0.2, -0.15) is 0 Å². The number of rotatable bonds is 6. The van der Waals surface area contributed by atoms with Crippen LogP contribution >= 0.6 is 0 Å². The Kier molecular flexibility index (Phi) is 6.22. The van der Waals surface area contributed by atoms with Gasteiger partial charge < -0.3 is 10.0 Å². The van der Waals surface area contributed by atoms with Crippen LogP contribution in [-0.2, 0) is 0 Å². The number of piperazine rings is 1. The third-order valence-electron chi connectivity index (χ3n) is 3.32. The van der Waals surface area contributed by atoms with Gasteiger partial charge in [-0.25, -0.2) is 0 Å². The molecule has 3 nitrogen and oxygen atoms in total. The average molecular weight is 214 g/mol. The summed E-state index contributed by atoms with van der Waals surface area (Å²) in [6.45, 7) is 7.55. The first kappa shape index (κ1) is 12.9. The minimum Gasteiger partial charge on any atom is -0.396 e. The van der Waals surface area contributed by atoms with Crippen LogP contribution in [0.15, 0.2) is 0 Å². The maximum Gasteiger partial charge on any atom is 0.0431 e. The fourth-order valence-corrected chi connectivity index (χ4v) is 2.29. The Hall–Kier alpha value is -0.120. The van der Waals surface area contributed by atoms with E-state index in [1.54, 1.807) is 0 Å². The molecule has 0 aromatic carbocycles. The van der Waals surface area contributed by atoms with E-state index in [1.807, 2.05) is 0 Å². The Morgan fingerprint density at radius 2 is 1.87 bits per heavy atom. The largest absolute Gasteiger partial charge is 0.396 e. The monoisotopic (exact) mass is 214 g/mol. The topological polar surface area (TPSA) is 26.7 Å². The molecule has 1 fully saturated rings. The number of hydrogen-bond acceptors (Lipinski definition) is 3. The number of likely N-dealkylation sites (N-methyl/N-ethyl adjacent to an activating group) is 1. The summed E-state index contributed by atoms with van der Waals surface area (Å²) in [4.78, 5) is 5.01. The first-order chi connectivity index (χ1) is 7.24. The van der Waals surface area contributed by atoms with E-state index in [0.29, 0.717) is 12.6 Å². The van der Waals surface area contributed by atoms with Crippen LogP contribution in [0, 0.1) is 0 Å². The second kappa shape index (κ2) is 7.20. The van der Waals surface area contributed by atoms with Crippen LogP contribution in [0.2, 0.25) is 0 Å². The molecule has 0 aliphatic carbocycles. The summed E-state index contributed by atoms with van der Waals surface area (Å²) < 4.78 is 0. The summed E-state index contributed by atoms with van der Waals surface area (Å²) in [6, 6.07) is 0.710. The summed E-state index contributed by atoms with van der Waals surface area (Å²) in [6.07, 6.45) is 4.70. The molecule has 90 valence electrons. The van der Waals surface area contributed by atoms with Gasteiger partial charge in [0.1, 0.15) is 0 Å². The minimum absolute atomic E-state index is 0.352. The van der Waals surface area contributed by atoms with Crippen LogP contribution in [0.4, 0.5) is 0 Å². The van der Waals surface area contributed by atoms with Crippen LogP contribution in [-0.4, -0.2) is 60.8 Å². The number of aliphatic hydroxyl groups excluding tert-OH is 1. The molecular weight excluding hydrogens is 188 g/mol. The van der Waals surface area contributed by atoms with E-state index in [0.717, 1.165) is 6.42 Å². The Morgan fingerprint density at radius 3 is 2.53 bits per heavy atom. The molecule has 1 saturated heterocycles. The first-order valence-electron chi connectivity index (χ1n) is 6.27. The quantitative estimate of drug-likeness (QED) is 0.673.